The molecular formula is C17H26O2. The van der Waals surface area contributed by atoms with E-state index in [2.05, 4.69) is 19.9 Å². The molecule has 2 nitrogen and oxygen atoms in total. The molecule has 2 unspecified atom stereocenters. The van der Waals surface area contributed by atoms with E-state index < -0.39 is 0 Å². The lowest BCUT2D eigenvalue weighted by atomic mass is 9.90. The van der Waals surface area contributed by atoms with Gasteiger partial charge in [0.05, 0.1) is 12.7 Å². The SMILES string of the molecule is CCCCC(CC)CC(O)c1ccc2c(c1)CCO2. The third-order valence-electron chi connectivity index (χ3n) is 4.20. The summed E-state index contributed by atoms with van der Waals surface area (Å²) in [6.45, 7) is 5.23. The zero-order chi connectivity index (χ0) is 13.7. The Balaban J connectivity index is 1.96. The van der Waals surface area contributed by atoms with E-state index in [0.717, 1.165) is 37.2 Å². The Bertz CT molecular complexity index is 400. The molecule has 1 heterocycles. The quantitative estimate of drug-likeness (QED) is 0.795. The van der Waals surface area contributed by atoms with Crippen molar-refractivity contribution in [2.45, 2.75) is 58.5 Å². The molecule has 0 saturated carbocycles. The molecule has 0 aliphatic carbocycles. The molecule has 1 aromatic carbocycles. The van der Waals surface area contributed by atoms with E-state index in [1.165, 1.54) is 24.8 Å². The van der Waals surface area contributed by atoms with Crippen LogP contribution in [0.15, 0.2) is 18.2 Å². The van der Waals surface area contributed by atoms with Gasteiger partial charge < -0.3 is 9.84 Å². The molecule has 2 rings (SSSR count). The summed E-state index contributed by atoms with van der Waals surface area (Å²) in [5.74, 6) is 1.63. The van der Waals surface area contributed by atoms with Gasteiger partial charge in [-0.15, -0.1) is 0 Å². The van der Waals surface area contributed by atoms with Crippen LogP contribution in [0.4, 0.5) is 0 Å². The Morgan fingerprint density at radius 2 is 2.16 bits per heavy atom. The summed E-state index contributed by atoms with van der Waals surface area (Å²) in [6, 6.07) is 6.15. The zero-order valence-corrected chi connectivity index (χ0v) is 12.2. The van der Waals surface area contributed by atoms with Crippen molar-refractivity contribution in [3.05, 3.63) is 29.3 Å². The number of aliphatic hydroxyl groups excluding tert-OH is 1. The number of aliphatic hydroxyl groups is 1. The first-order valence-corrected chi connectivity index (χ1v) is 7.68. The molecule has 19 heavy (non-hydrogen) atoms. The molecule has 1 aliphatic rings. The number of fused-ring (bicyclic) bond motifs is 1. The summed E-state index contributed by atoms with van der Waals surface area (Å²) in [6.07, 6.45) is 6.43. The predicted octanol–water partition coefficient (Wildman–Crippen LogP) is 4.26. The minimum atomic E-state index is -0.326. The van der Waals surface area contributed by atoms with Crippen molar-refractivity contribution in [2.24, 2.45) is 5.92 Å². The molecule has 0 amide bonds. The average Bonchev–Trinajstić information content (AvgIpc) is 2.90. The van der Waals surface area contributed by atoms with Gasteiger partial charge in [0.2, 0.25) is 0 Å². The van der Waals surface area contributed by atoms with E-state index in [0.29, 0.717) is 5.92 Å². The van der Waals surface area contributed by atoms with E-state index >= 15 is 0 Å². The van der Waals surface area contributed by atoms with Gasteiger partial charge in [0.15, 0.2) is 0 Å². The van der Waals surface area contributed by atoms with Crippen LogP contribution >= 0.6 is 0 Å². The first kappa shape index (κ1) is 14.4. The van der Waals surface area contributed by atoms with Crippen molar-refractivity contribution >= 4 is 0 Å². The van der Waals surface area contributed by atoms with Gasteiger partial charge in [-0.1, -0.05) is 45.6 Å². The normalized spacial score (nSPS) is 16.8. The average molecular weight is 262 g/mol. The Labute approximate surface area is 116 Å². The van der Waals surface area contributed by atoms with Crippen molar-refractivity contribution in [3.63, 3.8) is 0 Å². The van der Waals surface area contributed by atoms with Gasteiger partial charge >= 0.3 is 0 Å². The first-order valence-electron chi connectivity index (χ1n) is 7.68. The minimum Gasteiger partial charge on any atom is -0.493 e. The zero-order valence-electron chi connectivity index (χ0n) is 12.2. The second kappa shape index (κ2) is 6.95. The molecular weight excluding hydrogens is 236 g/mol. The fourth-order valence-electron chi connectivity index (χ4n) is 2.85. The summed E-state index contributed by atoms with van der Waals surface area (Å²) in [4.78, 5) is 0. The third-order valence-corrected chi connectivity index (χ3v) is 4.20. The standard InChI is InChI=1S/C17H26O2/c1-3-5-6-13(4-2)11-16(18)14-7-8-17-15(12-14)9-10-19-17/h7-8,12-13,16,18H,3-6,9-11H2,1-2H3. The second-order valence-corrected chi connectivity index (χ2v) is 5.63. The molecule has 0 radical (unpaired) electrons. The molecule has 1 N–H and O–H groups in total. The Kier molecular flexibility index (Phi) is 5.26. The summed E-state index contributed by atoms with van der Waals surface area (Å²) in [5, 5.41) is 10.4. The highest BCUT2D eigenvalue weighted by molar-refractivity contribution is 5.40. The van der Waals surface area contributed by atoms with Crippen LogP contribution in [-0.4, -0.2) is 11.7 Å². The number of ether oxygens (including phenoxy) is 1. The molecule has 0 aromatic heterocycles. The molecule has 0 saturated heterocycles. The minimum absolute atomic E-state index is 0.326. The molecule has 2 heteroatoms. The maximum Gasteiger partial charge on any atom is 0.122 e. The third kappa shape index (κ3) is 3.73. The van der Waals surface area contributed by atoms with Crippen molar-refractivity contribution in [1.82, 2.24) is 0 Å². The first-order chi connectivity index (χ1) is 9.24. The monoisotopic (exact) mass is 262 g/mol. The Hall–Kier alpha value is -1.02. The topological polar surface area (TPSA) is 29.5 Å². The van der Waals surface area contributed by atoms with Crippen LogP contribution in [-0.2, 0) is 6.42 Å². The van der Waals surface area contributed by atoms with Gasteiger partial charge in [-0.25, -0.2) is 0 Å². The maximum atomic E-state index is 10.4. The maximum absolute atomic E-state index is 10.4. The van der Waals surface area contributed by atoms with Crippen LogP contribution in [0.25, 0.3) is 0 Å². The summed E-state index contributed by atoms with van der Waals surface area (Å²) < 4.78 is 5.51. The van der Waals surface area contributed by atoms with Gasteiger partial charge in [-0.2, -0.15) is 0 Å². The Morgan fingerprint density at radius 3 is 2.89 bits per heavy atom. The van der Waals surface area contributed by atoms with Crippen molar-refractivity contribution < 1.29 is 9.84 Å². The van der Waals surface area contributed by atoms with Crippen LogP contribution in [0, 0.1) is 5.92 Å². The number of hydrogen-bond donors (Lipinski definition) is 1. The van der Waals surface area contributed by atoms with Gasteiger partial charge in [0.25, 0.3) is 0 Å². The van der Waals surface area contributed by atoms with Crippen LogP contribution < -0.4 is 4.74 Å². The Morgan fingerprint density at radius 1 is 1.32 bits per heavy atom. The second-order valence-electron chi connectivity index (χ2n) is 5.63. The van der Waals surface area contributed by atoms with Gasteiger partial charge in [0.1, 0.15) is 5.75 Å². The molecule has 1 aliphatic heterocycles. The van der Waals surface area contributed by atoms with Gasteiger partial charge in [0, 0.05) is 6.42 Å². The number of rotatable bonds is 7. The van der Waals surface area contributed by atoms with Crippen molar-refractivity contribution in [2.75, 3.05) is 6.61 Å². The molecule has 2 atom stereocenters. The van der Waals surface area contributed by atoms with E-state index in [-0.39, 0.29) is 6.10 Å². The van der Waals surface area contributed by atoms with Crippen LogP contribution in [0.5, 0.6) is 5.75 Å². The number of benzene rings is 1. The smallest absolute Gasteiger partial charge is 0.122 e. The summed E-state index contributed by atoms with van der Waals surface area (Å²) in [7, 11) is 0. The lowest BCUT2D eigenvalue weighted by Crippen LogP contribution is -2.07. The van der Waals surface area contributed by atoms with Crippen LogP contribution in [0.2, 0.25) is 0 Å². The van der Waals surface area contributed by atoms with Crippen molar-refractivity contribution in [3.8, 4) is 5.75 Å². The van der Waals surface area contributed by atoms with E-state index in [4.69, 9.17) is 4.74 Å². The highest BCUT2D eigenvalue weighted by Gasteiger charge is 2.18. The lowest BCUT2D eigenvalue weighted by Gasteiger charge is -2.19. The molecule has 0 bridgehead atoms. The predicted molar refractivity (Wildman–Crippen MR) is 78.5 cm³/mol. The van der Waals surface area contributed by atoms with Crippen molar-refractivity contribution in [1.29, 1.82) is 0 Å². The largest absolute Gasteiger partial charge is 0.493 e. The fraction of sp³-hybridized carbons (Fsp3) is 0.647. The van der Waals surface area contributed by atoms with Crippen LogP contribution in [0.3, 0.4) is 0 Å². The molecule has 0 fully saturated rings. The molecule has 106 valence electrons. The highest BCUT2D eigenvalue weighted by atomic mass is 16.5. The van der Waals surface area contributed by atoms with Gasteiger partial charge in [-0.05, 0) is 35.6 Å². The van der Waals surface area contributed by atoms with E-state index in [1.54, 1.807) is 0 Å². The number of unbranched alkanes of at least 4 members (excludes halogenated alkanes) is 1. The van der Waals surface area contributed by atoms with E-state index in [1.807, 2.05) is 12.1 Å². The fourth-order valence-corrected chi connectivity index (χ4v) is 2.85. The van der Waals surface area contributed by atoms with E-state index in [9.17, 15) is 5.11 Å². The van der Waals surface area contributed by atoms with Gasteiger partial charge in [-0.3, -0.25) is 0 Å². The molecule has 0 spiro atoms. The summed E-state index contributed by atoms with van der Waals surface area (Å²) in [5.41, 5.74) is 2.30. The number of hydrogen-bond acceptors (Lipinski definition) is 2. The lowest BCUT2D eigenvalue weighted by molar-refractivity contribution is 0.139. The van der Waals surface area contributed by atoms with Crippen LogP contribution in [0.1, 0.15) is 63.2 Å². The highest BCUT2D eigenvalue weighted by Crippen LogP contribution is 2.31. The summed E-state index contributed by atoms with van der Waals surface area (Å²) >= 11 is 0. The molecule has 1 aromatic rings.